The topological polar surface area (TPSA) is 24.9 Å². The van der Waals surface area contributed by atoms with Crippen LogP contribution in [0.25, 0.3) is 10.8 Å². The summed E-state index contributed by atoms with van der Waals surface area (Å²) in [4.78, 5) is 4.57. The van der Waals surface area contributed by atoms with Gasteiger partial charge in [-0.1, -0.05) is 54.1 Å². The summed E-state index contributed by atoms with van der Waals surface area (Å²) < 4.78 is 0. The lowest BCUT2D eigenvalue weighted by Crippen LogP contribution is -2.19. The molecule has 0 radical (unpaired) electrons. The van der Waals surface area contributed by atoms with Gasteiger partial charge in [-0.15, -0.1) is 0 Å². The summed E-state index contributed by atoms with van der Waals surface area (Å²) in [5.74, 6) is 0. The van der Waals surface area contributed by atoms with Crippen LogP contribution >= 0.6 is 11.6 Å². The molecule has 0 bridgehead atoms. The first-order valence-electron chi connectivity index (χ1n) is 6.56. The molecule has 20 heavy (non-hydrogen) atoms. The zero-order chi connectivity index (χ0) is 13.9. The third kappa shape index (κ3) is 2.28. The molecule has 3 aromatic rings. The molecule has 1 N–H and O–H groups in total. The van der Waals surface area contributed by atoms with Crippen molar-refractivity contribution in [3.8, 4) is 0 Å². The molecule has 2 nitrogen and oxygen atoms in total. The lowest BCUT2D eigenvalue weighted by Gasteiger charge is -2.19. The Morgan fingerprint density at radius 2 is 1.75 bits per heavy atom. The quantitative estimate of drug-likeness (QED) is 0.779. The van der Waals surface area contributed by atoms with Crippen molar-refractivity contribution in [2.45, 2.75) is 6.04 Å². The maximum atomic E-state index is 6.33. The van der Waals surface area contributed by atoms with E-state index in [1.54, 1.807) is 0 Å². The van der Waals surface area contributed by atoms with Crippen LogP contribution in [0.15, 0.2) is 60.8 Å². The standard InChI is InChI=1S/C17H15ClN2/c1-19-16(14-8-4-5-9-15(14)18)17-13-7-3-2-6-12(13)10-11-20-17/h2-11,16,19H,1H3. The zero-order valence-corrected chi connectivity index (χ0v) is 11.9. The van der Waals surface area contributed by atoms with E-state index in [1.165, 1.54) is 5.39 Å². The van der Waals surface area contributed by atoms with Crippen LogP contribution in [0.1, 0.15) is 17.3 Å². The van der Waals surface area contributed by atoms with Gasteiger partial charge in [0.25, 0.3) is 0 Å². The van der Waals surface area contributed by atoms with Crippen molar-refractivity contribution in [3.05, 3.63) is 77.1 Å². The zero-order valence-electron chi connectivity index (χ0n) is 11.2. The molecular formula is C17H15ClN2. The van der Waals surface area contributed by atoms with Gasteiger partial charge >= 0.3 is 0 Å². The fraction of sp³-hybridized carbons (Fsp3) is 0.118. The second-order valence-electron chi connectivity index (χ2n) is 4.66. The smallest absolute Gasteiger partial charge is 0.0769 e. The first-order chi connectivity index (χ1) is 9.81. The van der Waals surface area contributed by atoms with E-state index in [9.17, 15) is 0 Å². The van der Waals surface area contributed by atoms with Gasteiger partial charge in [0.2, 0.25) is 0 Å². The van der Waals surface area contributed by atoms with E-state index in [4.69, 9.17) is 11.6 Å². The first kappa shape index (κ1) is 13.1. The van der Waals surface area contributed by atoms with E-state index in [2.05, 4.69) is 22.4 Å². The number of nitrogens with one attached hydrogen (secondary N) is 1. The van der Waals surface area contributed by atoms with Crippen LogP contribution in [0.3, 0.4) is 0 Å². The number of rotatable bonds is 3. The number of halogens is 1. The lowest BCUT2D eigenvalue weighted by molar-refractivity contribution is 0.677. The second kappa shape index (κ2) is 5.61. The van der Waals surface area contributed by atoms with Crippen molar-refractivity contribution in [2.75, 3.05) is 7.05 Å². The van der Waals surface area contributed by atoms with Crippen molar-refractivity contribution in [1.82, 2.24) is 10.3 Å². The van der Waals surface area contributed by atoms with Gasteiger partial charge in [-0.25, -0.2) is 0 Å². The SMILES string of the molecule is CNC(c1ccccc1Cl)c1nccc2ccccc12. The molecule has 0 spiro atoms. The summed E-state index contributed by atoms with van der Waals surface area (Å²) in [7, 11) is 1.93. The van der Waals surface area contributed by atoms with Crippen molar-refractivity contribution in [3.63, 3.8) is 0 Å². The molecule has 1 heterocycles. The maximum absolute atomic E-state index is 6.33. The number of nitrogens with zero attached hydrogens (tertiary/aromatic N) is 1. The minimum absolute atomic E-state index is 0.0187. The van der Waals surface area contributed by atoms with Gasteiger partial charge in [0, 0.05) is 16.6 Å². The van der Waals surface area contributed by atoms with E-state index in [0.29, 0.717) is 0 Å². The fourth-order valence-corrected chi connectivity index (χ4v) is 2.77. The van der Waals surface area contributed by atoms with Crippen molar-refractivity contribution in [2.24, 2.45) is 0 Å². The van der Waals surface area contributed by atoms with Crippen LogP contribution in [0, 0.1) is 0 Å². The number of hydrogen-bond donors (Lipinski definition) is 1. The van der Waals surface area contributed by atoms with Gasteiger partial charge < -0.3 is 5.32 Å². The van der Waals surface area contributed by atoms with Crippen molar-refractivity contribution in [1.29, 1.82) is 0 Å². The molecule has 0 amide bonds. The predicted octanol–water partition coefficient (Wildman–Crippen LogP) is 4.20. The Labute approximate surface area is 123 Å². The molecule has 3 rings (SSSR count). The van der Waals surface area contributed by atoms with E-state index in [0.717, 1.165) is 21.7 Å². The highest BCUT2D eigenvalue weighted by Crippen LogP contribution is 2.30. The normalized spacial score (nSPS) is 12.5. The van der Waals surface area contributed by atoms with E-state index >= 15 is 0 Å². The van der Waals surface area contributed by atoms with Crippen LogP contribution in [0.2, 0.25) is 5.02 Å². The number of pyridine rings is 1. The Morgan fingerprint density at radius 3 is 2.55 bits per heavy atom. The minimum Gasteiger partial charge on any atom is -0.308 e. The number of benzene rings is 2. The summed E-state index contributed by atoms with van der Waals surface area (Å²) >= 11 is 6.33. The molecule has 0 aliphatic rings. The molecular weight excluding hydrogens is 268 g/mol. The Balaban J connectivity index is 2.20. The summed E-state index contributed by atoms with van der Waals surface area (Å²) in [6, 6.07) is 18.2. The highest BCUT2D eigenvalue weighted by atomic mass is 35.5. The summed E-state index contributed by atoms with van der Waals surface area (Å²) in [6.07, 6.45) is 1.85. The predicted molar refractivity (Wildman–Crippen MR) is 84.1 cm³/mol. The summed E-state index contributed by atoms with van der Waals surface area (Å²) in [5, 5.41) is 6.40. The first-order valence-corrected chi connectivity index (χ1v) is 6.94. The molecule has 2 aromatic carbocycles. The largest absolute Gasteiger partial charge is 0.308 e. The summed E-state index contributed by atoms with van der Waals surface area (Å²) in [6.45, 7) is 0. The molecule has 1 unspecified atom stereocenters. The molecule has 1 aromatic heterocycles. The highest BCUT2D eigenvalue weighted by molar-refractivity contribution is 6.31. The molecule has 1 atom stereocenters. The third-order valence-corrected chi connectivity index (χ3v) is 3.83. The number of aromatic nitrogens is 1. The van der Waals surface area contributed by atoms with Crippen molar-refractivity contribution >= 4 is 22.4 Å². The Bertz CT molecular complexity index is 734. The Morgan fingerprint density at radius 1 is 1.00 bits per heavy atom. The third-order valence-electron chi connectivity index (χ3n) is 3.48. The molecule has 0 aliphatic heterocycles. The van der Waals surface area contributed by atoms with Crippen LogP contribution < -0.4 is 5.32 Å². The van der Waals surface area contributed by atoms with Gasteiger partial charge in [0.05, 0.1) is 11.7 Å². The van der Waals surface area contributed by atoms with E-state index < -0.39 is 0 Å². The molecule has 3 heteroatoms. The number of hydrogen-bond acceptors (Lipinski definition) is 2. The highest BCUT2D eigenvalue weighted by Gasteiger charge is 2.18. The van der Waals surface area contributed by atoms with Gasteiger partial charge in [0.1, 0.15) is 0 Å². The average Bonchev–Trinajstić information content (AvgIpc) is 2.50. The second-order valence-corrected chi connectivity index (χ2v) is 5.07. The average molecular weight is 283 g/mol. The molecule has 0 aliphatic carbocycles. The van der Waals surface area contributed by atoms with Crippen LogP contribution in [-0.2, 0) is 0 Å². The molecule has 0 fully saturated rings. The lowest BCUT2D eigenvalue weighted by atomic mass is 9.99. The molecule has 100 valence electrons. The van der Waals surface area contributed by atoms with Gasteiger partial charge in [-0.05, 0) is 30.1 Å². The maximum Gasteiger partial charge on any atom is 0.0769 e. The van der Waals surface area contributed by atoms with Crippen molar-refractivity contribution < 1.29 is 0 Å². The van der Waals surface area contributed by atoms with Gasteiger partial charge in [-0.3, -0.25) is 4.98 Å². The van der Waals surface area contributed by atoms with Gasteiger partial charge in [-0.2, -0.15) is 0 Å². The molecule has 0 saturated heterocycles. The fourth-order valence-electron chi connectivity index (χ4n) is 2.52. The Kier molecular flexibility index (Phi) is 3.68. The van der Waals surface area contributed by atoms with E-state index in [1.807, 2.05) is 55.7 Å². The number of fused-ring (bicyclic) bond motifs is 1. The van der Waals surface area contributed by atoms with Crippen LogP contribution in [-0.4, -0.2) is 12.0 Å². The monoisotopic (exact) mass is 282 g/mol. The van der Waals surface area contributed by atoms with Crippen LogP contribution in [0.4, 0.5) is 0 Å². The van der Waals surface area contributed by atoms with Gasteiger partial charge in [0.15, 0.2) is 0 Å². The summed E-state index contributed by atoms with van der Waals surface area (Å²) in [5.41, 5.74) is 2.04. The Hall–Kier alpha value is -1.90. The van der Waals surface area contributed by atoms with Crippen LogP contribution in [0.5, 0.6) is 0 Å². The molecule has 0 saturated carbocycles. The van der Waals surface area contributed by atoms with E-state index in [-0.39, 0.29) is 6.04 Å². The minimum atomic E-state index is -0.0187.